The maximum atomic E-state index is 12.5. The lowest BCUT2D eigenvalue weighted by molar-refractivity contribution is 0.0939. The van der Waals surface area contributed by atoms with E-state index < -0.39 is 0 Å². The zero-order valence-electron chi connectivity index (χ0n) is 13.3. The topological polar surface area (TPSA) is 47.6 Å². The Balaban J connectivity index is 2.20. The van der Waals surface area contributed by atoms with Gasteiger partial charge in [-0.3, -0.25) is 4.79 Å². The summed E-state index contributed by atoms with van der Waals surface area (Å²) in [6, 6.07) is 13.1. The van der Waals surface area contributed by atoms with Crippen LogP contribution in [-0.2, 0) is 0 Å². The van der Waals surface area contributed by atoms with Gasteiger partial charge in [0.05, 0.1) is 20.3 Å². The molecule has 2 aromatic carbocycles. The molecule has 0 aliphatic carbocycles. The largest absolute Gasteiger partial charge is 0.497 e. The number of ether oxygens (including phenoxy) is 2. The van der Waals surface area contributed by atoms with Gasteiger partial charge in [-0.25, -0.2) is 0 Å². The molecular formula is C18H21NO3. The summed E-state index contributed by atoms with van der Waals surface area (Å²) in [5, 5.41) is 3.01. The summed E-state index contributed by atoms with van der Waals surface area (Å²) in [6.45, 7) is 4.00. The predicted octanol–water partition coefficient (Wildman–Crippen LogP) is 3.50. The van der Waals surface area contributed by atoms with Crippen LogP contribution in [0.4, 0.5) is 0 Å². The van der Waals surface area contributed by atoms with Crippen LogP contribution in [0.3, 0.4) is 0 Å². The highest BCUT2D eigenvalue weighted by Gasteiger charge is 2.14. The second-order valence-electron chi connectivity index (χ2n) is 5.15. The molecule has 116 valence electrons. The third-order valence-electron chi connectivity index (χ3n) is 3.62. The fourth-order valence-corrected chi connectivity index (χ4v) is 2.37. The Morgan fingerprint density at radius 1 is 1.05 bits per heavy atom. The molecule has 2 rings (SSSR count). The number of amides is 1. The monoisotopic (exact) mass is 299 g/mol. The lowest BCUT2D eigenvalue weighted by Crippen LogP contribution is -2.27. The summed E-state index contributed by atoms with van der Waals surface area (Å²) >= 11 is 0. The number of rotatable bonds is 5. The van der Waals surface area contributed by atoms with Crippen LogP contribution in [-0.4, -0.2) is 20.1 Å². The van der Waals surface area contributed by atoms with Crippen molar-refractivity contribution in [2.75, 3.05) is 14.2 Å². The number of hydrogen-bond donors (Lipinski definition) is 1. The van der Waals surface area contributed by atoms with E-state index in [1.165, 1.54) is 0 Å². The molecule has 0 heterocycles. The standard InChI is InChI=1S/C18H21NO3/c1-12-7-5-6-8-17(12)13(2)19-18(20)14-9-15(21-3)11-16(10-14)22-4/h5-11,13H,1-4H3,(H,19,20). The smallest absolute Gasteiger partial charge is 0.252 e. The average Bonchev–Trinajstić information content (AvgIpc) is 2.54. The first-order chi connectivity index (χ1) is 10.5. The van der Waals surface area contributed by atoms with Gasteiger partial charge in [-0.1, -0.05) is 24.3 Å². The molecule has 1 unspecified atom stereocenters. The molecule has 22 heavy (non-hydrogen) atoms. The van der Waals surface area contributed by atoms with Gasteiger partial charge in [0, 0.05) is 11.6 Å². The number of methoxy groups -OCH3 is 2. The highest BCUT2D eigenvalue weighted by molar-refractivity contribution is 5.95. The molecule has 0 fully saturated rings. The normalized spacial score (nSPS) is 11.6. The molecule has 1 N–H and O–H groups in total. The zero-order valence-corrected chi connectivity index (χ0v) is 13.3. The molecule has 4 heteroatoms. The van der Waals surface area contributed by atoms with E-state index in [2.05, 4.69) is 5.32 Å². The summed E-state index contributed by atoms with van der Waals surface area (Å²) < 4.78 is 10.4. The van der Waals surface area contributed by atoms with E-state index >= 15 is 0 Å². The maximum absolute atomic E-state index is 12.5. The van der Waals surface area contributed by atoms with E-state index in [1.807, 2.05) is 38.1 Å². The van der Waals surface area contributed by atoms with E-state index in [1.54, 1.807) is 32.4 Å². The number of benzene rings is 2. The van der Waals surface area contributed by atoms with Gasteiger partial charge >= 0.3 is 0 Å². The Hall–Kier alpha value is -2.49. The predicted molar refractivity (Wildman–Crippen MR) is 86.6 cm³/mol. The quantitative estimate of drug-likeness (QED) is 0.919. The van der Waals surface area contributed by atoms with Crippen LogP contribution in [0.25, 0.3) is 0 Å². The van der Waals surface area contributed by atoms with Crippen LogP contribution in [0.15, 0.2) is 42.5 Å². The summed E-state index contributed by atoms with van der Waals surface area (Å²) in [4.78, 5) is 12.5. The third-order valence-corrected chi connectivity index (χ3v) is 3.62. The van der Waals surface area contributed by atoms with E-state index in [-0.39, 0.29) is 11.9 Å². The van der Waals surface area contributed by atoms with Crippen molar-refractivity contribution in [1.29, 1.82) is 0 Å². The van der Waals surface area contributed by atoms with Crippen molar-refractivity contribution in [3.05, 3.63) is 59.2 Å². The summed E-state index contributed by atoms with van der Waals surface area (Å²) in [6.07, 6.45) is 0. The molecule has 0 saturated carbocycles. The van der Waals surface area contributed by atoms with E-state index in [0.29, 0.717) is 17.1 Å². The van der Waals surface area contributed by atoms with Gasteiger partial charge in [0.25, 0.3) is 5.91 Å². The lowest BCUT2D eigenvalue weighted by Gasteiger charge is -2.17. The van der Waals surface area contributed by atoms with Crippen molar-refractivity contribution in [2.24, 2.45) is 0 Å². The number of carbonyl (C=O) groups excluding carboxylic acids is 1. The van der Waals surface area contributed by atoms with Crippen molar-refractivity contribution in [3.63, 3.8) is 0 Å². The SMILES string of the molecule is COc1cc(OC)cc(C(=O)NC(C)c2ccccc2C)c1. The Labute approximate surface area is 131 Å². The fraction of sp³-hybridized carbons (Fsp3) is 0.278. The number of carbonyl (C=O) groups is 1. The van der Waals surface area contributed by atoms with Crippen LogP contribution < -0.4 is 14.8 Å². The Kier molecular flexibility index (Phi) is 5.04. The molecule has 0 saturated heterocycles. The highest BCUT2D eigenvalue weighted by Crippen LogP contribution is 2.23. The molecule has 1 amide bonds. The Bertz CT molecular complexity index is 645. The first kappa shape index (κ1) is 15.9. The van der Waals surface area contributed by atoms with Gasteiger partial charge in [0.15, 0.2) is 0 Å². The van der Waals surface area contributed by atoms with Crippen LogP contribution in [0.2, 0.25) is 0 Å². The van der Waals surface area contributed by atoms with Gasteiger partial charge in [-0.15, -0.1) is 0 Å². The first-order valence-corrected chi connectivity index (χ1v) is 7.14. The summed E-state index contributed by atoms with van der Waals surface area (Å²) in [5.41, 5.74) is 2.76. The van der Waals surface area contributed by atoms with Crippen LogP contribution >= 0.6 is 0 Å². The molecule has 0 bridgehead atoms. The minimum Gasteiger partial charge on any atom is -0.497 e. The summed E-state index contributed by atoms with van der Waals surface area (Å²) in [5.74, 6) is 1.02. The molecule has 1 atom stereocenters. The van der Waals surface area contributed by atoms with Gasteiger partial charge in [-0.05, 0) is 37.1 Å². The van der Waals surface area contributed by atoms with Crippen molar-refractivity contribution in [2.45, 2.75) is 19.9 Å². The van der Waals surface area contributed by atoms with Crippen molar-refractivity contribution < 1.29 is 14.3 Å². The minimum atomic E-state index is -0.159. The molecule has 0 aromatic heterocycles. The Morgan fingerprint density at radius 2 is 1.64 bits per heavy atom. The van der Waals surface area contributed by atoms with Crippen LogP contribution in [0, 0.1) is 6.92 Å². The van der Waals surface area contributed by atoms with Crippen molar-refractivity contribution in [1.82, 2.24) is 5.32 Å². The van der Waals surface area contributed by atoms with Crippen molar-refractivity contribution in [3.8, 4) is 11.5 Å². The molecule has 0 aliphatic heterocycles. The minimum absolute atomic E-state index is 0.0779. The fourth-order valence-electron chi connectivity index (χ4n) is 2.37. The van der Waals surface area contributed by atoms with E-state index in [0.717, 1.165) is 11.1 Å². The van der Waals surface area contributed by atoms with Gasteiger partial charge < -0.3 is 14.8 Å². The maximum Gasteiger partial charge on any atom is 0.252 e. The van der Waals surface area contributed by atoms with E-state index in [4.69, 9.17) is 9.47 Å². The van der Waals surface area contributed by atoms with Crippen LogP contribution in [0.1, 0.15) is 34.5 Å². The van der Waals surface area contributed by atoms with Gasteiger partial charge in [0.2, 0.25) is 0 Å². The number of hydrogen-bond acceptors (Lipinski definition) is 3. The number of nitrogens with one attached hydrogen (secondary N) is 1. The van der Waals surface area contributed by atoms with E-state index in [9.17, 15) is 4.79 Å². The zero-order chi connectivity index (χ0) is 16.1. The first-order valence-electron chi connectivity index (χ1n) is 7.14. The molecule has 0 radical (unpaired) electrons. The third kappa shape index (κ3) is 3.58. The molecular weight excluding hydrogens is 278 g/mol. The summed E-state index contributed by atoms with van der Waals surface area (Å²) in [7, 11) is 3.12. The van der Waals surface area contributed by atoms with Crippen LogP contribution in [0.5, 0.6) is 11.5 Å². The molecule has 4 nitrogen and oxygen atoms in total. The molecule has 0 aliphatic rings. The lowest BCUT2D eigenvalue weighted by atomic mass is 10.0. The number of aryl methyl sites for hydroxylation is 1. The van der Waals surface area contributed by atoms with Gasteiger partial charge in [-0.2, -0.15) is 0 Å². The Morgan fingerprint density at radius 3 is 2.18 bits per heavy atom. The average molecular weight is 299 g/mol. The molecule has 2 aromatic rings. The second-order valence-corrected chi connectivity index (χ2v) is 5.15. The highest BCUT2D eigenvalue weighted by atomic mass is 16.5. The van der Waals surface area contributed by atoms with Gasteiger partial charge in [0.1, 0.15) is 11.5 Å². The molecule has 0 spiro atoms. The van der Waals surface area contributed by atoms with Crippen molar-refractivity contribution >= 4 is 5.91 Å². The second kappa shape index (κ2) is 6.98.